The predicted molar refractivity (Wildman–Crippen MR) is 145 cm³/mol. The van der Waals surface area contributed by atoms with Gasteiger partial charge in [-0.05, 0) is 67.4 Å². The van der Waals surface area contributed by atoms with Crippen molar-refractivity contribution in [3.05, 3.63) is 52.9 Å². The molecule has 0 unspecified atom stereocenters. The van der Waals surface area contributed by atoms with E-state index < -0.39 is 21.3 Å². The third-order valence-corrected chi connectivity index (χ3v) is 8.19. The van der Waals surface area contributed by atoms with E-state index in [1.165, 1.54) is 56.5 Å². The number of hydrogen-bond donors (Lipinski definition) is 1. The van der Waals surface area contributed by atoms with Crippen LogP contribution in [0, 0.1) is 0 Å². The average Bonchev–Trinajstić information content (AvgIpc) is 3.17. The van der Waals surface area contributed by atoms with Crippen molar-refractivity contribution in [1.82, 2.24) is 9.80 Å². The van der Waals surface area contributed by atoms with Gasteiger partial charge in [0, 0.05) is 31.3 Å². The molecule has 206 valence electrons. The van der Waals surface area contributed by atoms with Crippen LogP contribution in [-0.4, -0.2) is 67.9 Å². The van der Waals surface area contributed by atoms with Gasteiger partial charge in [-0.3, -0.25) is 24.1 Å². The molecule has 13 heteroatoms. The fourth-order valence-electron chi connectivity index (χ4n) is 4.12. The average molecular weight is 574 g/mol. The first-order valence-electron chi connectivity index (χ1n) is 12.1. The van der Waals surface area contributed by atoms with Crippen LogP contribution >= 0.6 is 11.8 Å². The highest BCUT2D eigenvalue weighted by Crippen LogP contribution is 2.38. The molecule has 0 aromatic heterocycles. The quantitative estimate of drug-likeness (QED) is 0.371. The number of carbonyl (C=O) groups is 4. The van der Waals surface area contributed by atoms with Gasteiger partial charge in [-0.15, -0.1) is 0 Å². The second-order valence-corrected chi connectivity index (χ2v) is 11.4. The predicted octanol–water partition coefficient (Wildman–Crippen LogP) is 3.47. The number of benzene rings is 2. The van der Waals surface area contributed by atoms with Crippen LogP contribution in [0.2, 0.25) is 0 Å². The Hall–Kier alpha value is -3.84. The number of anilines is 1. The Morgan fingerprint density at radius 3 is 2.38 bits per heavy atom. The largest absolute Gasteiger partial charge is 0.493 e. The molecule has 2 aromatic carbocycles. The molecule has 4 amide bonds. The van der Waals surface area contributed by atoms with Crippen LogP contribution in [0.3, 0.4) is 0 Å². The fourth-order valence-corrected chi connectivity index (χ4v) is 5.91. The number of rotatable bonds is 8. The summed E-state index contributed by atoms with van der Waals surface area (Å²) in [6, 6.07) is 9.98. The maximum Gasteiger partial charge on any atom is 0.339 e. The van der Waals surface area contributed by atoms with Crippen molar-refractivity contribution in [2.24, 2.45) is 0 Å². The number of piperidine rings is 1. The summed E-state index contributed by atoms with van der Waals surface area (Å²) in [7, 11) is -3.02. The number of para-hydroxylation sites is 1. The van der Waals surface area contributed by atoms with Crippen molar-refractivity contribution in [2.45, 2.75) is 31.1 Å². The van der Waals surface area contributed by atoms with E-state index in [-0.39, 0.29) is 45.2 Å². The van der Waals surface area contributed by atoms with Gasteiger partial charge in [-0.25, -0.2) is 0 Å². The molecule has 0 radical (unpaired) electrons. The zero-order valence-corrected chi connectivity index (χ0v) is 23.0. The summed E-state index contributed by atoms with van der Waals surface area (Å²) in [6.07, 6.45) is 4.14. The van der Waals surface area contributed by atoms with Crippen LogP contribution < -0.4 is 14.2 Å². The molecule has 4 rings (SSSR count). The Morgan fingerprint density at radius 1 is 1.05 bits per heavy atom. The summed E-state index contributed by atoms with van der Waals surface area (Å²) in [5.74, 6) is -1.34. The van der Waals surface area contributed by atoms with Gasteiger partial charge in [-0.1, -0.05) is 12.1 Å². The summed E-state index contributed by atoms with van der Waals surface area (Å²) in [5, 5.41) is 1.96. The van der Waals surface area contributed by atoms with Crippen molar-refractivity contribution < 1.29 is 36.5 Å². The van der Waals surface area contributed by atoms with Crippen LogP contribution in [0.1, 0.15) is 31.7 Å². The summed E-state index contributed by atoms with van der Waals surface area (Å²) >= 11 is 0.656. The molecule has 2 aliphatic rings. The molecule has 11 nitrogen and oxygen atoms in total. The minimum absolute atomic E-state index is 0.0154. The van der Waals surface area contributed by atoms with Gasteiger partial charge in [0.05, 0.1) is 12.0 Å². The first-order chi connectivity index (χ1) is 18.6. The number of likely N-dealkylation sites (tertiary alicyclic amines) is 1. The molecule has 2 saturated heterocycles. The second kappa shape index (κ2) is 11.9. The van der Waals surface area contributed by atoms with Gasteiger partial charge in [0.15, 0.2) is 11.5 Å². The van der Waals surface area contributed by atoms with Crippen LogP contribution in [0.15, 0.2) is 52.3 Å². The lowest BCUT2D eigenvalue weighted by molar-refractivity contribution is -0.136. The van der Waals surface area contributed by atoms with Crippen molar-refractivity contribution in [1.29, 1.82) is 0 Å². The van der Waals surface area contributed by atoms with E-state index in [1.807, 2.05) is 0 Å². The maximum absolute atomic E-state index is 13.1. The molecule has 1 N–H and O–H groups in total. The molecule has 2 aromatic rings. The Morgan fingerprint density at radius 2 is 1.74 bits per heavy atom. The first-order valence-corrected chi connectivity index (χ1v) is 14.3. The molecule has 0 bridgehead atoms. The summed E-state index contributed by atoms with van der Waals surface area (Å²) in [6.45, 7) is 2.17. The van der Waals surface area contributed by atoms with E-state index >= 15 is 0 Å². The van der Waals surface area contributed by atoms with E-state index in [1.54, 1.807) is 11.0 Å². The normalized spacial score (nSPS) is 16.9. The van der Waals surface area contributed by atoms with Crippen LogP contribution in [0.5, 0.6) is 11.5 Å². The zero-order chi connectivity index (χ0) is 28.2. The molecule has 2 aliphatic heterocycles. The Kier molecular flexibility index (Phi) is 8.60. The van der Waals surface area contributed by atoms with Crippen molar-refractivity contribution >= 4 is 56.6 Å². The molecule has 2 heterocycles. The maximum atomic E-state index is 13.1. The molecule has 0 aliphatic carbocycles. The SMILES string of the molecule is COc1cccc(/C=C2\SC(=O)N(CC(=O)N3CCCCC3)C2=O)c1OS(=O)(=O)c1ccc(NC(C)=O)cc1. The van der Waals surface area contributed by atoms with Gasteiger partial charge >= 0.3 is 10.1 Å². The fraction of sp³-hybridized carbons (Fsp3) is 0.308. The van der Waals surface area contributed by atoms with Crippen molar-refractivity contribution in [3.8, 4) is 11.5 Å². The Labute approximate surface area is 230 Å². The second-order valence-electron chi connectivity index (χ2n) is 8.83. The minimum Gasteiger partial charge on any atom is -0.493 e. The molecule has 39 heavy (non-hydrogen) atoms. The molecular formula is C26H27N3O8S2. The van der Waals surface area contributed by atoms with Gasteiger partial charge in [0.2, 0.25) is 11.8 Å². The van der Waals surface area contributed by atoms with Crippen molar-refractivity contribution in [3.63, 3.8) is 0 Å². The number of ether oxygens (including phenoxy) is 1. The lowest BCUT2D eigenvalue weighted by Gasteiger charge is -2.27. The van der Waals surface area contributed by atoms with E-state index in [4.69, 9.17) is 8.92 Å². The van der Waals surface area contributed by atoms with Gasteiger partial charge < -0.3 is 19.1 Å². The smallest absolute Gasteiger partial charge is 0.339 e. The first kappa shape index (κ1) is 28.2. The number of carbonyl (C=O) groups excluding carboxylic acids is 4. The number of imide groups is 1. The van der Waals surface area contributed by atoms with E-state index in [0.29, 0.717) is 30.5 Å². The van der Waals surface area contributed by atoms with Crippen LogP contribution in [0.4, 0.5) is 10.5 Å². The number of nitrogens with zero attached hydrogens (tertiary/aromatic N) is 2. The topological polar surface area (TPSA) is 139 Å². The number of methoxy groups -OCH3 is 1. The molecule has 0 atom stereocenters. The number of nitrogens with one attached hydrogen (secondary N) is 1. The van der Waals surface area contributed by atoms with Gasteiger partial charge in [0.25, 0.3) is 11.1 Å². The van der Waals surface area contributed by atoms with E-state index in [0.717, 1.165) is 24.2 Å². The van der Waals surface area contributed by atoms with E-state index in [2.05, 4.69) is 5.32 Å². The zero-order valence-electron chi connectivity index (χ0n) is 21.3. The Bertz CT molecular complexity index is 1430. The molecule has 0 saturated carbocycles. The highest BCUT2D eigenvalue weighted by atomic mass is 32.2. The molecule has 2 fully saturated rings. The lowest BCUT2D eigenvalue weighted by atomic mass is 10.1. The number of thioether (sulfide) groups is 1. The third kappa shape index (κ3) is 6.60. The van der Waals surface area contributed by atoms with Crippen LogP contribution in [-0.2, 0) is 24.5 Å². The lowest BCUT2D eigenvalue weighted by Crippen LogP contribution is -2.44. The van der Waals surface area contributed by atoms with Gasteiger partial charge in [0.1, 0.15) is 11.4 Å². The minimum atomic E-state index is -4.35. The molecule has 0 spiro atoms. The number of amides is 4. The highest BCUT2D eigenvalue weighted by Gasteiger charge is 2.37. The van der Waals surface area contributed by atoms with Gasteiger partial charge in [-0.2, -0.15) is 8.42 Å². The summed E-state index contributed by atoms with van der Waals surface area (Å²) in [5.41, 5.74) is 0.592. The standard InChI is InChI=1S/C26H27N3O8S2/c1-17(30)27-19-9-11-20(12-10-19)39(34,35)37-24-18(7-6-8-21(24)36-2)15-22-25(32)29(26(33)38-22)16-23(31)28-13-4-3-5-14-28/h6-12,15H,3-5,13-14,16H2,1-2H3,(H,27,30)/b22-15-. The third-order valence-electron chi connectivity index (χ3n) is 6.05. The monoisotopic (exact) mass is 573 g/mol. The summed E-state index contributed by atoms with van der Waals surface area (Å²) < 4.78 is 36.9. The number of hydrogen-bond acceptors (Lipinski definition) is 9. The Balaban J connectivity index is 1.58. The van der Waals surface area contributed by atoms with Crippen LogP contribution in [0.25, 0.3) is 6.08 Å². The molecular weight excluding hydrogens is 546 g/mol. The van der Waals surface area contributed by atoms with Crippen molar-refractivity contribution in [2.75, 3.05) is 32.1 Å². The van der Waals surface area contributed by atoms with E-state index in [9.17, 15) is 27.6 Å². The summed E-state index contributed by atoms with van der Waals surface area (Å²) in [4.78, 5) is 51.9. The highest BCUT2D eigenvalue weighted by molar-refractivity contribution is 8.18.